The number of nitrogens with zero attached hydrogens (tertiary/aromatic N) is 4. The van der Waals surface area contributed by atoms with Crippen molar-refractivity contribution in [2.24, 2.45) is 0 Å². The molecule has 0 atom stereocenters. The number of nitrogens with one attached hydrogen (secondary N) is 2. The molecule has 28 heavy (non-hydrogen) atoms. The molecule has 0 radical (unpaired) electrons. The summed E-state index contributed by atoms with van der Waals surface area (Å²) in [4.78, 5) is 14.8. The van der Waals surface area contributed by atoms with E-state index in [1.165, 1.54) is 24.3 Å². The third-order valence-corrected chi connectivity index (χ3v) is 5.66. The molecule has 0 aliphatic rings. The zero-order chi connectivity index (χ0) is 20.3. The first-order valence-electron chi connectivity index (χ1n) is 7.55. The van der Waals surface area contributed by atoms with Crippen LogP contribution < -0.4 is 10.3 Å². The van der Waals surface area contributed by atoms with Gasteiger partial charge in [0.25, 0.3) is 15.9 Å². The zero-order valence-electron chi connectivity index (χ0n) is 13.8. The van der Waals surface area contributed by atoms with E-state index in [0.717, 1.165) is 4.80 Å². The smallest absolute Gasteiger partial charge is 0.258 e. The second-order valence-corrected chi connectivity index (χ2v) is 8.26. The van der Waals surface area contributed by atoms with Gasteiger partial charge >= 0.3 is 0 Å². The van der Waals surface area contributed by atoms with Crippen molar-refractivity contribution >= 4 is 50.7 Å². The Morgan fingerprint density at radius 1 is 1.11 bits per heavy atom. The van der Waals surface area contributed by atoms with E-state index in [4.69, 9.17) is 34.8 Å². The third-order valence-electron chi connectivity index (χ3n) is 3.36. The van der Waals surface area contributed by atoms with E-state index in [0.29, 0.717) is 10.6 Å². The number of halogens is 3. The van der Waals surface area contributed by atoms with Gasteiger partial charge in [-0.05, 0) is 35.5 Å². The average molecular weight is 462 g/mol. The van der Waals surface area contributed by atoms with Crippen LogP contribution in [0.3, 0.4) is 0 Å². The molecule has 0 bridgehead atoms. The summed E-state index contributed by atoms with van der Waals surface area (Å²) >= 11 is 17.8. The van der Waals surface area contributed by atoms with Crippen LogP contribution in [0, 0.1) is 0 Å². The Morgan fingerprint density at radius 3 is 2.61 bits per heavy atom. The van der Waals surface area contributed by atoms with Crippen LogP contribution >= 0.6 is 34.8 Å². The van der Waals surface area contributed by atoms with Gasteiger partial charge in [0.05, 0.1) is 14.9 Å². The van der Waals surface area contributed by atoms with E-state index in [2.05, 4.69) is 20.8 Å². The number of hydrazine groups is 1. The molecule has 0 unspecified atom stereocenters. The molecule has 0 saturated heterocycles. The number of tetrazole rings is 1. The van der Waals surface area contributed by atoms with E-state index < -0.39 is 15.9 Å². The van der Waals surface area contributed by atoms with Gasteiger partial charge in [-0.25, -0.2) is 8.42 Å². The highest BCUT2D eigenvalue weighted by Gasteiger charge is 2.17. The minimum absolute atomic E-state index is 0.0999. The molecule has 9 nitrogen and oxygen atoms in total. The number of aromatic nitrogens is 4. The fraction of sp³-hybridized carbons (Fsp3) is 0.0667. The second kappa shape index (κ2) is 8.41. The summed E-state index contributed by atoms with van der Waals surface area (Å²) in [5, 5.41) is 12.4. The van der Waals surface area contributed by atoms with Gasteiger partial charge in [-0.3, -0.25) is 10.2 Å². The first-order valence-corrected chi connectivity index (χ1v) is 10.2. The summed E-state index contributed by atoms with van der Waals surface area (Å²) in [6.45, 7) is -0.386. The molecule has 0 aliphatic heterocycles. The first-order chi connectivity index (χ1) is 13.3. The molecule has 0 saturated carbocycles. The summed E-state index contributed by atoms with van der Waals surface area (Å²) in [6.07, 6.45) is 0. The fourth-order valence-electron chi connectivity index (χ4n) is 2.08. The van der Waals surface area contributed by atoms with Crippen molar-refractivity contribution in [3.05, 3.63) is 57.5 Å². The van der Waals surface area contributed by atoms with E-state index in [1.54, 1.807) is 18.2 Å². The number of hydrogen-bond donors (Lipinski definition) is 2. The Balaban J connectivity index is 1.64. The number of hydrogen-bond acceptors (Lipinski definition) is 6. The molecule has 146 valence electrons. The van der Waals surface area contributed by atoms with Gasteiger partial charge in [0, 0.05) is 10.6 Å². The summed E-state index contributed by atoms with van der Waals surface area (Å²) in [6, 6.07) is 10.5. The number of benzene rings is 2. The lowest BCUT2D eigenvalue weighted by atomic mass is 10.2. The van der Waals surface area contributed by atoms with Crippen molar-refractivity contribution in [2.75, 3.05) is 0 Å². The molecular formula is C15H11Cl3N6O3S. The summed E-state index contributed by atoms with van der Waals surface area (Å²) in [5.41, 5.74) is 2.51. The van der Waals surface area contributed by atoms with E-state index in [9.17, 15) is 13.2 Å². The number of sulfonamides is 1. The van der Waals surface area contributed by atoms with Gasteiger partial charge in [0.2, 0.25) is 5.82 Å². The molecule has 0 aliphatic carbocycles. The number of carbonyl (C=O) groups is 1. The SMILES string of the molecule is O=C(Cn1nnc(-c2cccc(Cl)c2Cl)n1)NNS(=O)(=O)c1cccc(Cl)c1. The fourth-order valence-corrected chi connectivity index (χ4v) is 3.63. The summed E-state index contributed by atoms with van der Waals surface area (Å²) < 4.78 is 24.3. The van der Waals surface area contributed by atoms with Crippen LogP contribution in [0.25, 0.3) is 11.4 Å². The molecule has 1 amide bonds. The molecule has 3 rings (SSSR count). The van der Waals surface area contributed by atoms with E-state index in [1.807, 2.05) is 4.83 Å². The molecule has 1 aromatic heterocycles. The topological polar surface area (TPSA) is 119 Å². The van der Waals surface area contributed by atoms with Crippen LogP contribution in [0.4, 0.5) is 0 Å². The maximum Gasteiger partial charge on any atom is 0.258 e. The Morgan fingerprint density at radius 2 is 1.86 bits per heavy atom. The van der Waals surface area contributed by atoms with Crippen molar-refractivity contribution < 1.29 is 13.2 Å². The van der Waals surface area contributed by atoms with E-state index in [-0.39, 0.29) is 27.3 Å². The van der Waals surface area contributed by atoms with Crippen molar-refractivity contribution in [1.82, 2.24) is 30.5 Å². The Hall–Kier alpha value is -2.24. The minimum atomic E-state index is -3.98. The van der Waals surface area contributed by atoms with Crippen LogP contribution in [0.15, 0.2) is 47.4 Å². The Kier molecular flexibility index (Phi) is 6.16. The molecule has 3 aromatic rings. The molecule has 0 spiro atoms. The van der Waals surface area contributed by atoms with Crippen molar-refractivity contribution in [1.29, 1.82) is 0 Å². The highest BCUT2D eigenvalue weighted by molar-refractivity contribution is 7.89. The summed E-state index contributed by atoms with van der Waals surface area (Å²) in [5.74, 6) is -0.549. The molecule has 13 heteroatoms. The van der Waals surface area contributed by atoms with Crippen molar-refractivity contribution in [3.8, 4) is 11.4 Å². The van der Waals surface area contributed by atoms with Crippen LogP contribution in [0.2, 0.25) is 15.1 Å². The lowest BCUT2D eigenvalue weighted by Gasteiger charge is -2.08. The Labute approximate surface area is 174 Å². The second-order valence-electron chi connectivity index (χ2n) is 5.36. The first kappa shape index (κ1) is 20.5. The molecule has 0 fully saturated rings. The molecule has 1 heterocycles. The van der Waals surface area contributed by atoms with Crippen LogP contribution in [-0.2, 0) is 21.4 Å². The minimum Gasteiger partial charge on any atom is -0.276 e. The van der Waals surface area contributed by atoms with Gasteiger partial charge in [0.1, 0.15) is 6.54 Å². The largest absolute Gasteiger partial charge is 0.276 e. The monoisotopic (exact) mass is 460 g/mol. The van der Waals surface area contributed by atoms with Gasteiger partial charge < -0.3 is 0 Å². The van der Waals surface area contributed by atoms with Crippen molar-refractivity contribution in [3.63, 3.8) is 0 Å². The Bertz CT molecular complexity index is 1140. The lowest BCUT2D eigenvalue weighted by molar-refractivity contribution is -0.122. The van der Waals surface area contributed by atoms with Crippen LogP contribution in [-0.4, -0.2) is 34.5 Å². The number of rotatable bonds is 6. The lowest BCUT2D eigenvalue weighted by Crippen LogP contribution is -2.43. The third kappa shape index (κ3) is 4.78. The highest BCUT2D eigenvalue weighted by atomic mass is 35.5. The highest BCUT2D eigenvalue weighted by Crippen LogP contribution is 2.31. The van der Waals surface area contributed by atoms with Crippen molar-refractivity contribution in [2.45, 2.75) is 11.4 Å². The predicted octanol–water partition coefficient (Wildman–Crippen LogP) is 2.31. The number of carbonyl (C=O) groups excluding carboxylic acids is 1. The van der Waals surface area contributed by atoms with Gasteiger partial charge in [-0.1, -0.05) is 46.9 Å². The van der Waals surface area contributed by atoms with Gasteiger partial charge in [-0.15, -0.1) is 15.0 Å². The maximum atomic E-state index is 12.1. The quantitative estimate of drug-likeness (QED) is 0.544. The molecule has 2 N–H and O–H groups in total. The zero-order valence-corrected chi connectivity index (χ0v) is 16.9. The standard InChI is InChI=1S/C15H11Cl3N6O3S/c16-9-3-1-4-10(7-9)28(26,27)23-19-13(25)8-24-21-15(20-22-24)11-5-2-6-12(17)14(11)18/h1-7,23H,8H2,(H,19,25). The van der Waals surface area contributed by atoms with Crippen LogP contribution in [0.1, 0.15) is 0 Å². The molecular weight excluding hydrogens is 451 g/mol. The van der Waals surface area contributed by atoms with Gasteiger partial charge in [0.15, 0.2) is 0 Å². The summed E-state index contributed by atoms with van der Waals surface area (Å²) in [7, 11) is -3.98. The van der Waals surface area contributed by atoms with Crippen LogP contribution in [0.5, 0.6) is 0 Å². The molecule has 2 aromatic carbocycles. The predicted molar refractivity (Wildman–Crippen MR) is 103 cm³/mol. The number of amides is 1. The maximum absolute atomic E-state index is 12.1. The normalized spacial score (nSPS) is 11.4. The average Bonchev–Trinajstić information content (AvgIpc) is 3.10. The van der Waals surface area contributed by atoms with Gasteiger partial charge in [-0.2, -0.15) is 4.80 Å². The van der Waals surface area contributed by atoms with E-state index >= 15 is 0 Å².